The molecule has 0 saturated carbocycles. The zero-order chi connectivity index (χ0) is 22.9. The number of aromatic nitrogens is 3. The molecule has 4 aromatic rings. The highest BCUT2D eigenvalue weighted by Gasteiger charge is 2.20. The van der Waals surface area contributed by atoms with E-state index in [0.29, 0.717) is 17.0 Å². The highest BCUT2D eigenvalue weighted by Crippen LogP contribution is 2.29. The summed E-state index contributed by atoms with van der Waals surface area (Å²) in [5.74, 6) is 0.402. The molecule has 0 unspecified atom stereocenters. The molecule has 0 aliphatic carbocycles. The predicted molar refractivity (Wildman–Crippen MR) is 119 cm³/mol. The lowest BCUT2D eigenvalue weighted by Crippen LogP contribution is -2.22. The van der Waals surface area contributed by atoms with Crippen LogP contribution in [-0.2, 0) is 16.4 Å². The number of carbonyl (C=O) groups excluding carboxylic acids is 1. The molecule has 8 nitrogen and oxygen atoms in total. The number of ether oxygens (including phenoxy) is 1. The molecule has 1 amide bonds. The van der Waals surface area contributed by atoms with Crippen molar-refractivity contribution in [1.82, 2.24) is 20.5 Å². The van der Waals surface area contributed by atoms with E-state index < -0.39 is 9.84 Å². The molecule has 2 aromatic heterocycles. The Morgan fingerprint density at radius 2 is 1.72 bits per heavy atom. The van der Waals surface area contributed by atoms with Gasteiger partial charge in [-0.3, -0.25) is 9.89 Å². The van der Waals surface area contributed by atoms with Crippen molar-refractivity contribution in [3.8, 4) is 5.75 Å². The van der Waals surface area contributed by atoms with Crippen LogP contribution >= 0.6 is 0 Å². The summed E-state index contributed by atoms with van der Waals surface area (Å²) in [6, 6.07) is 11.4. The number of aromatic amines is 1. The van der Waals surface area contributed by atoms with Gasteiger partial charge in [-0.1, -0.05) is 12.1 Å². The van der Waals surface area contributed by atoms with Crippen molar-refractivity contribution in [3.63, 3.8) is 0 Å². The highest BCUT2D eigenvalue weighted by atomic mass is 32.2. The summed E-state index contributed by atoms with van der Waals surface area (Å²) in [7, 11) is -2.11. The van der Waals surface area contributed by atoms with E-state index in [4.69, 9.17) is 4.74 Å². The lowest BCUT2D eigenvalue weighted by Gasteiger charge is -2.12. The van der Waals surface area contributed by atoms with E-state index in [1.807, 2.05) is 13.8 Å². The number of benzene rings is 2. The molecular weight excluding hydrogens is 428 g/mol. The summed E-state index contributed by atoms with van der Waals surface area (Å²) in [6.07, 6.45) is 3.08. The Balaban J connectivity index is 1.48. The summed E-state index contributed by atoms with van der Waals surface area (Å²) in [4.78, 5) is 17.0. The fourth-order valence-electron chi connectivity index (χ4n) is 3.56. The number of nitrogens with zero attached hydrogens (tertiary/aromatic N) is 2. The second kappa shape index (κ2) is 8.43. The van der Waals surface area contributed by atoms with Crippen molar-refractivity contribution in [2.24, 2.45) is 0 Å². The third-order valence-electron chi connectivity index (χ3n) is 5.19. The Morgan fingerprint density at radius 3 is 2.38 bits per heavy atom. The van der Waals surface area contributed by atoms with Crippen LogP contribution in [0.5, 0.6) is 5.75 Å². The molecule has 0 spiro atoms. The Morgan fingerprint density at radius 1 is 1.03 bits per heavy atom. The van der Waals surface area contributed by atoms with Gasteiger partial charge >= 0.3 is 0 Å². The number of rotatable bonds is 6. The molecule has 32 heavy (non-hydrogen) atoms. The zero-order valence-corrected chi connectivity index (χ0v) is 18.7. The maximum atomic E-state index is 13.1. The Hall–Kier alpha value is -3.72. The largest absolute Gasteiger partial charge is 0.496 e. The SMILES string of the molecule is COc1c(C)cc(S(=O)(=O)c2ccc(CNC(=O)c3cnc4[nH]ncc4c3)cc2)cc1C. The molecule has 0 fully saturated rings. The summed E-state index contributed by atoms with van der Waals surface area (Å²) in [6.45, 7) is 3.89. The summed E-state index contributed by atoms with van der Waals surface area (Å²) in [5, 5.41) is 10.2. The molecule has 2 aromatic carbocycles. The smallest absolute Gasteiger partial charge is 0.253 e. The molecule has 0 aliphatic rings. The van der Waals surface area contributed by atoms with E-state index in [9.17, 15) is 13.2 Å². The summed E-state index contributed by atoms with van der Waals surface area (Å²) < 4.78 is 31.4. The van der Waals surface area contributed by atoms with Gasteiger partial charge in [-0.2, -0.15) is 5.10 Å². The average Bonchev–Trinajstić information content (AvgIpc) is 3.25. The van der Waals surface area contributed by atoms with Gasteiger partial charge < -0.3 is 10.1 Å². The van der Waals surface area contributed by atoms with Crippen LogP contribution in [0.3, 0.4) is 0 Å². The van der Waals surface area contributed by atoms with Crippen LogP contribution in [0.4, 0.5) is 0 Å². The van der Waals surface area contributed by atoms with Gasteiger partial charge in [0, 0.05) is 18.1 Å². The number of nitrogens with one attached hydrogen (secondary N) is 2. The van der Waals surface area contributed by atoms with Gasteiger partial charge in [-0.15, -0.1) is 0 Å². The maximum absolute atomic E-state index is 13.1. The normalized spacial score (nSPS) is 11.5. The van der Waals surface area contributed by atoms with Crippen LogP contribution in [0.25, 0.3) is 11.0 Å². The van der Waals surface area contributed by atoms with E-state index >= 15 is 0 Å². The summed E-state index contributed by atoms with van der Waals surface area (Å²) >= 11 is 0. The Kier molecular flexibility index (Phi) is 5.67. The van der Waals surface area contributed by atoms with Crippen LogP contribution in [0.2, 0.25) is 0 Å². The van der Waals surface area contributed by atoms with Gasteiger partial charge in [0.05, 0.1) is 28.7 Å². The summed E-state index contributed by atoms with van der Waals surface area (Å²) in [5.41, 5.74) is 3.32. The van der Waals surface area contributed by atoms with E-state index in [0.717, 1.165) is 22.1 Å². The van der Waals surface area contributed by atoms with Crippen LogP contribution in [0.1, 0.15) is 27.0 Å². The maximum Gasteiger partial charge on any atom is 0.253 e. The molecule has 0 saturated heterocycles. The molecule has 164 valence electrons. The first kappa shape index (κ1) is 21.5. The Labute approximate surface area is 185 Å². The molecule has 0 atom stereocenters. The first-order valence-electron chi connectivity index (χ1n) is 9.86. The van der Waals surface area contributed by atoms with Crippen molar-refractivity contribution in [3.05, 3.63) is 77.1 Å². The van der Waals surface area contributed by atoms with Gasteiger partial charge in [0.25, 0.3) is 5.91 Å². The van der Waals surface area contributed by atoms with Crippen molar-refractivity contribution >= 4 is 26.8 Å². The minimum Gasteiger partial charge on any atom is -0.496 e. The molecule has 2 N–H and O–H groups in total. The number of fused-ring (bicyclic) bond motifs is 1. The van der Waals surface area contributed by atoms with Gasteiger partial charge in [-0.05, 0) is 60.9 Å². The van der Waals surface area contributed by atoms with Crippen molar-refractivity contribution in [2.45, 2.75) is 30.2 Å². The quantitative estimate of drug-likeness (QED) is 0.466. The number of hydrogen-bond acceptors (Lipinski definition) is 6. The van der Waals surface area contributed by atoms with Crippen LogP contribution in [0.15, 0.2) is 64.6 Å². The number of methoxy groups -OCH3 is 1. The third kappa shape index (κ3) is 4.06. The topological polar surface area (TPSA) is 114 Å². The molecule has 0 bridgehead atoms. The first-order chi connectivity index (χ1) is 15.3. The minimum atomic E-state index is -3.68. The average molecular weight is 451 g/mol. The number of H-pyrrole nitrogens is 1. The highest BCUT2D eigenvalue weighted by molar-refractivity contribution is 7.91. The van der Waals surface area contributed by atoms with E-state index in [-0.39, 0.29) is 22.2 Å². The minimum absolute atomic E-state index is 0.186. The Bertz CT molecular complexity index is 1390. The van der Waals surface area contributed by atoms with Crippen molar-refractivity contribution in [1.29, 1.82) is 0 Å². The second-order valence-electron chi connectivity index (χ2n) is 7.45. The molecule has 9 heteroatoms. The third-order valence-corrected chi connectivity index (χ3v) is 6.94. The first-order valence-corrected chi connectivity index (χ1v) is 11.3. The van der Waals surface area contributed by atoms with Gasteiger partial charge in [0.15, 0.2) is 5.65 Å². The van der Waals surface area contributed by atoms with Gasteiger partial charge in [-0.25, -0.2) is 13.4 Å². The van der Waals surface area contributed by atoms with Gasteiger partial charge in [0.1, 0.15) is 5.75 Å². The number of amides is 1. The van der Waals surface area contributed by atoms with Crippen molar-refractivity contribution < 1.29 is 17.9 Å². The number of aryl methyl sites for hydroxylation is 2. The van der Waals surface area contributed by atoms with Crippen molar-refractivity contribution in [2.75, 3.05) is 7.11 Å². The zero-order valence-electron chi connectivity index (χ0n) is 17.8. The fraction of sp³-hybridized carbons (Fsp3) is 0.174. The monoisotopic (exact) mass is 450 g/mol. The number of hydrogen-bond donors (Lipinski definition) is 2. The standard InChI is InChI=1S/C23H22N4O4S/c1-14-8-20(9-15(2)21(14)31-3)32(29,30)19-6-4-16(5-7-19)11-25-23(28)18-10-17-13-26-27-22(17)24-12-18/h4-10,12-13H,11H2,1-3H3,(H,25,28)(H,24,26,27). The van der Waals surface area contributed by atoms with E-state index in [1.165, 1.54) is 6.20 Å². The molecular formula is C23H22N4O4S. The van der Waals surface area contributed by atoms with Crippen LogP contribution in [0, 0.1) is 13.8 Å². The lowest BCUT2D eigenvalue weighted by molar-refractivity contribution is 0.0950. The number of pyridine rings is 1. The number of carbonyl (C=O) groups is 1. The van der Waals surface area contributed by atoms with E-state index in [2.05, 4.69) is 20.5 Å². The number of sulfone groups is 1. The van der Waals surface area contributed by atoms with Crippen LogP contribution < -0.4 is 10.1 Å². The van der Waals surface area contributed by atoms with Crippen LogP contribution in [-0.4, -0.2) is 36.6 Å². The second-order valence-corrected chi connectivity index (χ2v) is 9.40. The lowest BCUT2D eigenvalue weighted by atomic mass is 10.1. The fourth-order valence-corrected chi connectivity index (χ4v) is 4.99. The molecule has 2 heterocycles. The van der Waals surface area contributed by atoms with E-state index in [1.54, 1.807) is 55.8 Å². The molecule has 0 radical (unpaired) electrons. The molecule has 4 rings (SSSR count). The molecule has 0 aliphatic heterocycles. The van der Waals surface area contributed by atoms with Gasteiger partial charge in [0.2, 0.25) is 9.84 Å². The predicted octanol–water partition coefficient (Wildman–Crippen LogP) is 3.35.